The van der Waals surface area contributed by atoms with Gasteiger partial charge in [-0.2, -0.15) is 0 Å². The molecule has 2 rings (SSSR count). The first kappa shape index (κ1) is 14.9. The molecule has 1 aliphatic rings. The van der Waals surface area contributed by atoms with Gasteiger partial charge in [-0.1, -0.05) is 23.2 Å². The number of piperazine rings is 1. The van der Waals surface area contributed by atoms with Crippen molar-refractivity contribution in [1.29, 1.82) is 0 Å². The van der Waals surface area contributed by atoms with Crippen molar-refractivity contribution in [2.45, 2.75) is 6.92 Å². The molecule has 0 unspecified atom stereocenters. The Balaban J connectivity index is 1.96. The van der Waals surface area contributed by atoms with Crippen LogP contribution >= 0.6 is 23.2 Å². The topological polar surface area (TPSA) is 52.7 Å². The summed E-state index contributed by atoms with van der Waals surface area (Å²) in [4.78, 5) is 26.7. The normalized spacial score (nSPS) is 15.2. The van der Waals surface area contributed by atoms with Crippen LogP contribution in [0.3, 0.4) is 0 Å². The molecule has 0 radical (unpaired) electrons. The van der Waals surface area contributed by atoms with Crippen molar-refractivity contribution in [3.63, 3.8) is 0 Å². The van der Waals surface area contributed by atoms with E-state index in [1.165, 1.54) is 6.92 Å². The zero-order valence-corrected chi connectivity index (χ0v) is 12.5. The monoisotopic (exact) mass is 315 g/mol. The number of anilines is 1. The van der Waals surface area contributed by atoms with Crippen LogP contribution in [0.1, 0.15) is 6.92 Å². The van der Waals surface area contributed by atoms with Gasteiger partial charge < -0.3 is 15.1 Å². The van der Waals surface area contributed by atoms with E-state index < -0.39 is 0 Å². The summed E-state index contributed by atoms with van der Waals surface area (Å²) in [6.45, 7) is 3.63. The van der Waals surface area contributed by atoms with E-state index in [2.05, 4.69) is 5.32 Å². The van der Waals surface area contributed by atoms with Crippen LogP contribution in [0, 0.1) is 0 Å². The number of urea groups is 1. The second kappa shape index (κ2) is 6.33. The van der Waals surface area contributed by atoms with Crippen LogP contribution in [0.4, 0.5) is 10.5 Å². The van der Waals surface area contributed by atoms with Crippen LogP contribution < -0.4 is 5.32 Å². The van der Waals surface area contributed by atoms with Crippen molar-refractivity contribution < 1.29 is 9.59 Å². The van der Waals surface area contributed by atoms with Crippen molar-refractivity contribution in [3.05, 3.63) is 28.2 Å². The van der Waals surface area contributed by atoms with Crippen LogP contribution in [0.25, 0.3) is 0 Å². The summed E-state index contributed by atoms with van der Waals surface area (Å²) < 4.78 is 0. The predicted octanol–water partition coefficient (Wildman–Crippen LogP) is 2.69. The second-order valence-electron chi connectivity index (χ2n) is 4.55. The molecule has 0 saturated carbocycles. The molecule has 0 aliphatic carbocycles. The van der Waals surface area contributed by atoms with E-state index in [9.17, 15) is 9.59 Å². The molecular formula is C13H15Cl2N3O2. The lowest BCUT2D eigenvalue weighted by Crippen LogP contribution is -2.51. The second-order valence-corrected chi connectivity index (χ2v) is 5.39. The molecule has 1 N–H and O–H groups in total. The minimum atomic E-state index is -0.239. The average Bonchev–Trinajstić information content (AvgIpc) is 2.43. The molecule has 108 valence electrons. The van der Waals surface area contributed by atoms with Crippen molar-refractivity contribution in [2.24, 2.45) is 0 Å². The van der Waals surface area contributed by atoms with Gasteiger partial charge in [-0.15, -0.1) is 0 Å². The van der Waals surface area contributed by atoms with Gasteiger partial charge in [-0.25, -0.2) is 4.79 Å². The van der Waals surface area contributed by atoms with Crippen molar-refractivity contribution >= 4 is 40.8 Å². The molecular weight excluding hydrogens is 301 g/mol. The third-order valence-electron chi connectivity index (χ3n) is 3.18. The number of hydrogen-bond donors (Lipinski definition) is 1. The highest BCUT2D eigenvalue weighted by molar-refractivity contribution is 6.35. The Hall–Kier alpha value is -1.46. The highest BCUT2D eigenvalue weighted by Gasteiger charge is 2.22. The number of benzene rings is 1. The minimum Gasteiger partial charge on any atom is -0.339 e. The number of carbonyl (C=O) groups excluding carboxylic acids is 2. The lowest BCUT2D eigenvalue weighted by molar-refractivity contribution is -0.130. The van der Waals surface area contributed by atoms with Gasteiger partial charge in [0, 0.05) is 38.1 Å². The molecule has 20 heavy (non-hydrogen) atoms. The average molecular weight is 316 g/mol. The minimum absolute atomic E-state index is 0.0305. The van der Waals surface area contributed by atoms with Crippen LogP contribution in [0.15, 0.2) is 18.2 Å². The standard InChI is InChI=1S/C13H15Cl2N3O2/c1-9(19)17-4-6-18(7-5-17)13(20)16-12-8-10(14)2-3-11(12)15/h2-3,8H,4-7H2,1H3,(H,16,20). The number of rotatable bonds is 1. The molecule has 7 heteroatoms. The molecule has 1 saturated heterocycles. The molecule has 1 aromatic carbocycles. The van der Waals surface area contributed by atoms with Gasteiger partial charge in [0.05, 0.1) is 10.7 Å². The van der Waals surface area contributed by atoms with Gasteiger partial charge in [0.25, 0.3) is 0 Å². The first-order chi connectivity index (χ1) is 9.47. The molecule has 1 aromatic rings. The van der Waals surface area contributed by atoms with E-state index in [0.29, 0.717) is 41.9 Å². The predicted molar refractivity (Wildman–Crippen MR) is 79.3 cm³/mol. The molecule has 3 amide bonds. The van der Waals surface area contributed by atoms with E-state index in [1.807, 2.05) is 0 Å². The number of carbonyl (C=O) groups is 2. The lowest BCUT2D eigenvalue weighted by Gasteiger charge is -2.34. The number of amides is 3. The van der Waals surface area contributed by atoms with Gasteiger partial charge in [-0.3, -0.25) is 4.79 Å². The van der Waals surface area contributed by atoms with Crippen molar-refractivity contribution in [2.75, 3.05) is 31.5 Å². The fourth-order valence-electron chi connectivity index (χ4n) is 2.01. The quantitative estimate of drug-likeness (QED) is 0.866. The summed E-state index contributed by atoms with van der Waals surface area (Å²) in [5.74, 6) is 0.0305. The third-order valence-corrected chi connectivity index (χ3v) is 3.75. The van der Waals surface area contributed by atoms with Crippen LogP contribution in [-0.2, 0) is 4.79 Å². The smallest absolute Gasteiger partial charge is 0.322 e. The zero-order valence-electron chi connectivity index (χ0n) is 11.0. The SMILES string of the molecule is CC(=O)N1CCN(C(=O)Nc2cc(Cl)ccc2Cl)CC1. The van der Waals surface area contributed by atoms with Gasteiger partial charge in [-0.05, 0) is 18.2 Å². The van der Waals surface area contributed by atoms with Crippen LogP contribution in [-0.4, -0.2) is 47.9 Å². The third kappa shape index (κ3) is 3.55. The van der Waals surface area contributed by atoms with E-state index in [4.69, 9.17) is 23.2 Å². The van der Waals surface area contributed by atoms with Gasteiger partial charge in [0.2, 0.25) is 5.91 Å². The van der Waals surface area contributed by atoms with Crippen molar-refractivity contribution in [1.82, 2.24) is 9.80 Å². The fourth-order valence-corrected chi connectivity index (χ4v) is 2.35. The first-order valence-corrected chi connectivity index (χ1v) is 6.99. The highest BCUT2D eigenvalue weighted by Crippen LogP contribution is 2.25. The molecule has 0 bridgehead atoms. The summed E-state index contributed by atoms with van der Waals surface area (Å²) in [6.07, 6.45) is 0. The molecule has 1 fully saturated rings. The highest BCUT2D eigenvalue weighted by atomic mass is 35.5. The molecule has 1 heterocycles. The molecule has 5 nitrogen and oxygen atoms in total. The maximum Gasteiger partial charge on any atom is 0.322 e. The molecule has 0 aromatic heterocycles. The summed E-state index contributed by atoms with van der Waals surface area (Å²) in [6, 6.07) is 4.66. The molecule has 0 spiro atoms. The van der Waals surface area contributed by atoms with Crippen LogP contribution in [0.5, 0.6) is 0 Å². The Bertz CT molecular complexity index is 528. The lowest BCUT2D eigenvalue weighted by atomic mass is 10.3. The van der Waals surface area contributed by atoms with E-state index >= 15 is 0 Å². The number of nitrogens with zero attached hydrogens (tertiary/aromatic N) is 2. The summed E-state index contributed by atoms with van der Waals surface area (Å²) in [5, 5.41) is 3.67. The molecule has 0 atom stereocenters. The summed E-state index contributed by atoms with van der Waals surface area (Å²) in [7, 11) is 0. The fraction of sp³-hybridized carbons (Fsp3) is 0.385. The molecule has 1 aliphatic heterocycles. The Kier molecular flexibility index (Phi) is 4.73. The maximum atomic E-state index is 12.1. The van der Waals surface area contributed by atoms with E-state index in [-0.39, 0.29) is 11.9 Å². The number of hydrogen-bond acceptors (Lipinski definition) is 2. The number of nitrogens with one attached hydrogen (secondary N) is 1. The van der Waals surface area contributed by atoms with Crippen LogP contribution in [0.2, 0.25) is 10.0 Å². The van der Waals surface area contributed by atoms with Gasteiger partial charge in [0.1, 0.15) is 0 Å². The zero-order chi connectivity index (χ0) is 14.7. The Morgan fingerprint density at radius 2 is 1.70 bits per heavy atom. The van der Waals surface area contributed by atoms with E-state index in [1.54, 1.807) is 28.0 Å². The van der Waals surface area contributed by atoms with Gasteiger partial charge in [0.15, 0.2) is 0 Å². The first-order valence-electron chi connectivity index (χ1n) is 6.24. The number of halogens is 2. The Labute approximate surface area is 127 Å². The largest absolute Gasteiger partial charge is 0.339 e. The van der Waals surface area contributed by atoms with Gasteiger partial charge >= 0.3 is 6.03 Å². The Morgan fingerprint density at radius 3 is 2.30 bits per heavy atom. The maximum absolute atomic E-state index is 12.1. The summed E-state index contributed by atoms with van der Waals surface area (Å²) >= 11 is 11.9. The van der Waals surface area contributed by atoms with E-state index in [0.717, 1.165) is 0 Å². The Morgan fingerprint density at radius 1 is 1.10 bits per heavy atom. The van der Waals surface area contributed by atoms with Crippen molar-refractivity contribution in [3.8, 4) is 0 Å². The summed E-state index contributed by atoms with van der Waals surface area (Å²) in [5.41, 5.74) is 0.484.